The van der Waals surface area contributed by atoms with Gasteiger partial charge in [-0.3, -0.25) is 4.79 Å². The summed E-state index contributed by atoms with van der Waals surface area (Å²) in [6.07, 6.45) is 1.16. The molecule has 0 saturated heterocycles. The second-order valence-electron chi connectivity index (χ2n) is 4.98. The molecule has 0 radical (unpaired) electrons. The van der Waals surface area contributed by atoms with E-state index in [0.717, 1.165) is 31.6 Å². The third kappa shape index (κ3) is 5.41. The lowest BCUT2D eigenvalue weighted by Gasteiger charge is -2.23. The van der Waals surface area contributed by atoms with Crippen LogP contribution in [0, 0.1) is 0 Å². The number of likely N-dealkylation sites (N-methyl/N-ethyl adjacent to an activating group) is 1. The number of amides is 1. The Hall–Kier alpha value is -1.39. The van der Waals surface area contributed by atoms with E-state index in [9.17, 15) is 4.79 Å². The SMILES string of the molecule is CCC(C)N(C)CCNCc1cccc(C(N)=O)c1. The fraction of sp³-hybridized carbons (Fsp3) is 0.533. The second kappa shape index (κ2) is 7.92. The quantitative estimate of drug-likeness (QED) is 0.701. The van der Waals surface area contributed by atoms with E-state index in [1.807, 2.05) is 18.2 Å². The smallest absolute Gasteiger partial charge is 0.248 e. The maximum atomic E-state index is 11.1. The van der Waals surface area contributed by atoms with Gasteiger partial charge in [0.05, 0.1) is 0 Å². The van der Waals surface area contributed by atoms with Gasteiger partial charge >= 0.3 is 0 Å². The number of nitrogens with two attached hydrogens (primary N) is 1. The van der Waals surface area contributed by atoms with E-state index in [1.165, 1.54) is 0 Å². The van der Waals surface area contributed by atoms with Crippen molar-refractivity contribution in [1.29, 1.82) is 0 Å². The monoisotopic (exact) mass is 263 g/mol. The fourth-order valence-electron chi connectivity index (χ4n) is 1.85. The van der Waals surface area contributed by atoms with E-state index in [0.29, 0.717) is 11.6 Å². The zero-order chi connectivity index (χ0) is 14.3. The van der Waals surface area contributed by atoms with Gasteiger partial charge in [-0.1, -0.05) is 19.1 Å². The van der Waals surface area contributed by atoms with E-state index in [4.69, 9.17) is 5.73 Å². The van der Waals surface area contributed by atoms with Gasteiger partial charge in [0.25, 0.3) is 0 Å². The lowest BCUT2D eigenvalue weighted by molar-refractivity contribution is 0.1000. The number of hydrogen-bond acceptors (Lipinski definition) is 3. The van der Waals surface area contributed by atoms with E-state index in [2.05, 4.69) is 31.1 Å². The average Bonchev–Trinajstić information content (AvgIpc) is 2.42. The first-order valence-corrected chi connectivity index (χ1v) is 6.84. The summed E-state index contributed by atoms with van der Waals surface area (Å²) in [7, 11) is 2.14. The first kappa shape index (κ1) is 15.7. The highest BCUT2D eigenvalue weighted by Gasteiger charge is 2.05. The molecular formula is C15H25N3O. The summed E-state index contributed by atoms with van der Waals surface area (Å²) in [4.78, 5) is 13.4. The van der Waals surface area contributed by atoms with Crippen molar-refractivity contribution in [2.24, 2.45) is 5.73 Å². The minimum Gasteiger partial charge on any atom is -0.366 e. The number of carbonyl (C=O) groups excluding carboxylic acids is 1. The molecule has 0 saturated carbocycles. The summed E-state index contributed by atoms with van der Waals surface area (Å²) in [5.74, 6) is -0.377. The molecule has 1 aromatic carbocycles. The van der Waals surface area contributed by atoms with Crippen molar-refractivity contribution in [3.05, 3.63) is 35.4 Å². The number of nitrogens with one attached hydrogen (secondary N) is 1. The molecule has 19 heavy (non-hydrogen) atoms. The first-order chi connectivity index (χ1) is 9.04. The number of carbonyl (C=O) groups is 1. The molecule has 0 fully saturated rings. The second-order valence-corrected chi connectivity index (χ2v) is 4.98. The van der Waals surface area contributed by atoms with Gasteiger partial charge in [0.2, 0.25) is 5.91 Å². The summed E-state index contributed by atoms with van der Waals surface area (Å²) >= 11 is 0. The topological polar surface area (TPSA) is 58.4 Å². The van der Waals surface area contributed by atoms with Gasteiger partial charge in [0, 0.05) is 31.2 Å². The van der Waals surface area contributed by atoms with Crippen molar-refractivity contribution < 1.29 is 4.79 Å². The van der Waals surface area contributed by atoms with Crippen molar-refractivity contribution in [3.63, 3.8) is 0 Å². The lowest BCUT2D eigenvalue weighted by Crippen LogP contribution is -2.34. The molecular weight excluding hydrogens is 238 g/mol. The highest BCUT2D eigenvalue weighted by Crippen LogP contribution is 2.04. The Labute approximate surface area is 116 Å². The number of nitrogens with zero attached hydrogens (tertiary/aromatic N) is 1. The predicted octanol–water partition coefficient (Wildman–Crippen LogP) is 1.61. The summed E-state index contributed by atoms with van der Waals surface area (Å²) in [6, 6.07) is 8.05. The molecule has 0 aliphatic carbocycles. The van der Waals surface area contributed by atoms with E-state index < -0.39 is 0 Å². The van der Waals surface area contributed by atoms with Crippen molar-refractivity contribution in [3.8, 4) is 0 Å². The zero-order valence-corrected chi connectivity index (χ0v) is 12.1. The van der Waals surface area contributed by atoms with E-state index in [-0.39, 0.29) is 5.91 Å². The predicted molar refractivity (Wildman–Crippen MR) is 79.0 cm³/mol. The fourth-order valence-corrected chi connectivity index (χ4v) is 1.85. The van der Waals surface area contributed by atoms with Crippen molar-refractivity contribution in [2.45, 2.75) is 32.9 Å². The van der Waals surface area contributed by atoms with Crippen LogP contribution in [-0.4, -0.2) is 37.0 Å². The summed E-state index contributed by atoms with van der Waals surface area (Å²) < 4.78 is 0. The molecule has 0 aliphatic heterocycles. The molecule has 0 heterocycles. The van der Waals surface area contributed by atoms with Crippen LogP contribution in [-0.2, 0) is 6.54 Å². The number of benzene rings is 1. The average molecular weight is 263 g/mol. The van der Waals surface area contributed by atoms with E-state index in [1.54, 1.807) is 6.07 Å². The van der Waals surface area contributed by atoms with Gasteiger partial charge in [-0.25, -0.2) is 0 Å². The summed E-state index contributed by atoms with van der Waals surface area (Å²) in [5.41, 5.74) is 6.91. The molecule has 106 valence electrons. The summed E-state index contributed by atoms with van der Waals surface area (Å²) in [6.45, 7) is 7.14. The molecule has 4 heteroatoms. The van der Waals surface area contributed by atoms with Crippen LogP contribution < -0.4 is 11.1 Å². The summed E-state index contributed by atoms with van der Waals surface area (Å²) in [5, 5.41) is 3.38. The van der Waals surface area contributed by atoms with E-state index >= 15 is 0 Å². The number of hydrogen-bond donors (Lipinski definition) is 2. The molecule has 0 aromatic heterocycles. The van der Waals surface area contributed by atoms with Gasteiger partial charge in [0.1, 0.15) is 0 Å². The molecule has 4 nitrogen and oxygen atoms in total. The van der Waals surface area contributed by atoms with Crippen LogP contribution >= 0.6 is 0 Å². The maximum absolute atomic E-state index is 11.1. The van der Waals surface area contributed by atoms with Crippen LogP contribution in [0.15, 0.2) is 24.3 Å². The Morgan fingerprint density at radius 3 is 2.84 bits per heavy atom. The molecule has 0 bridgehead atoms. The molecule has 3 N–H and O–H groups in total. The minimum atomic E-state index is -0.377. The van der Waals surface area contributed by atoms with Crippen LogP contribution in [0.4, 0.5) is 0 Å². The van der Waals surface area contributed by atoms with Gasteiger partial charge in [-0.15, -0.1) is 0 Å². The largest absolute Gasteiger partial charge is 0.366 e. The van der Waals surface area contributed by atoms with Crippen molar-refractivity contribution in [1.82, 2.24) is 10.2 Å². The van der Waals surface area contributed by atoms with Gasteiger partial charge in [-0.05, 0) is 38.1 Å². The highest BCUT2D eigenvalue weighted by atomic mass is 16.1. The van der Waals surface area contributed by atoms with Crippen LogP contribution in [0.25, 0.3) is 0 Å². The molecule has 1 rings (SSSR count). The van der Waals surface area contributed by atoms with Gasteiger partial charge in [0.15, 0.2) is 0 Å². The van der Waals surface area contributed by atoms with Crippen LogP contribution in [0.1, 0.15) is 36.2 Å². The molecule has 1 amide bonds. The standard InChI is InChI=1S/C15H25N3O/c1-4-12(2)18(3)9-8-17-11-13-6-5-7-14(10-13)15(16)19/h5-7,10,12,17H,4,8-9,11H2,1-3H3,(H2,16,19). The van der Waals surface area contributed by atoms with Crippen molar-refractivity contribution in [2.75, 3.05) is 20.1 Å². The Kier molecular flexibility index (Phi) is 6.53. The number of rotatable bonds is 8. The highest BCUT2D eigenvalue weighted by molar-refractivity contribution is 5.92. The maximum Gasteiger partial charge on any atom is 0.248 e. The first-order valence-electron chi connectivity index (χ1n) is 6.84. The molecule has 1 atom stereocenters. The van der Waals surface area contributed by atoms with Crippen molar-refractivity contribution >= 4 is 5.91 Å². The Balaban J connectivity index is 2.33. The molecule has 1 unspecified atom stereocenters. The van der Waals surface area contributed by atoms with Crippen LogP contribution in [0.5, 0.6) is 0 Å². The molecule has 0 spiro atoms. The third-order valence-corrected chi connectivity index (χ3v) is 3.53. The van der Waals surface area contributed by atoms with Gasteiger partial charge in [-0.2, -0.15) is 0 Å². The normalized spacial score (nSPS) is 12.6. The van der Waals surface area contributed by atoms with Crippen LogP contribution in [0.2, 0.25) is 0 Å². The van der Waals surface area contributed by atoms with Gasteiger partial charge < -0.3 is 16.0 Å². The molecule has 1 aromatic rings. The zero-order valence-electron chi connectivity index (χ0n) is 12.1. The van der Waals surface area contributed by atoms with Crippen LogP contribution in [0.3, 0.4) is 0 Å². The molecule has 0 aliphatic rings. The minimum absolute atomic E-state index is 0.377. The third-order valence-electron chi connectivity index (χ3n) is 3.53. The number of primary amides is 1. The lowest BCUT2D eigenvalue weighted by atomic mass is 10.1. The Bertz CT molecular complexity index is 406. The Morgan fingerprint density at radius 2 is 2.21 bits per heavy atom. The Morgan fingerprint density at radius 1 is 1.47 bits per heavy atom.